The second kappa shape index (κ2) is 3.25. The Labute approximate surface area is 111 Å². The monoisotopic (exact) mass is 244 g/mol. The van der Waals surface area contributed by atoms with Gasteiger partial charge in [-0.15, -0.1) is 0 Å². The van der Waals surface area contributed by atoms with Crippen LogP contribution in [0.1, 0.15) is 23.3 Å². The van der Waals surface area contributed by atoms with Gasteiger partial charge in [-0.2, -0.15) is 0 Å². The molecule has 0 saturated heterocycles. The summed E-state index contributed by atoms with van der Waals surface area (Å²) >= 11 is 0. The highest BCUT2D eigenvalue weighted by Crippen LogP contribution is 2.51. The number of hydrogen-bond acceptors (Lipinski definition) is 1. The summed E-state index contributed by atoms with van der Waals surface area (Å²) in [7, 11) is 0. The van der Waals surface area contributed by atoms with Gasteiger partial charge in [0.15, 0.2) is 0 Å². The maximum atomic E-state index is 6.05. The van der Waals surface area contributed by atoms with E-state index in [1.165, 1.54) is 32.7 Å². The Morgan fingerprint density at radius 1 is 0.579 bits per heavy atom. The van der Waals surface area contributed by atoms with Gasteiger partial charge in [0.2, 0.25) is 0 Å². The summed E-state index contributed by atoms with van der Waals surface area (Å²) in [4.78, 5) is 0. The topological polar surface area (TPSA) is 9.23 Å². The fraction of sp³-hybridized carbons (Fsp3) is 0.111. The molecule has 1 heteroatoms. The van der Waals surface area contributed by atoms with E-state index in [-0.39, 0.29) is 12.2 Å². The lowest BCUT2D eigenvalue weighted by Gasteiger charge is -2.15. The van der Waals surface area contributed by atoms with Gasteiger partial charge in [-0.05, 0) is 32.7 Å². The first-order chi connectivity index (χ1) is 9.43. The first-order valence-corrected chi connectivity index (χ1v) is 6.70. The van der Waals surface area contributed by atoms with Crippen LogP contribution in [0.15, 0.2) is 60.7 Å². The van der Waals surface area contributed by atoms with Gasteiger partial charge in [0.25, 0.3) is 0 Å². The lowest BCUT2D eigenvalue weighted by molar-refractivity contribution is 0.0887. The predicted octanol–water partition coefficient (Wildman–Crippen LogP) is 4.68. The van der Waals surface area contributed by atoms with Crippen molar-refractivity contribution in [2.45, 2.75) is 12.2 Å². The summed E-state index contributed by atoms with van der Waals surface area (Å²) < 4.78 is 6.05. The Balaban J connectivity index is 2.11. The molecule has 0 aromatic heterocycles. The molecule has 0 saturated carbocycles. The zero-order valence-corrected chi connectivity index (χ0v) is 10.3. The van der Waals surface area contributed by atoms with E-state index in [9.17, 15) is 0 Å². The molecule has 2 unspecified atom stereocenters. The Kier molecular flexibility index (Phi) is 1.67. The molecule has 3 aromatic rings. The Morgan fingerprint density at radius 2 is 1.00 bits per heavy atom. The maximum Gasteiger partial charge on any atom is 0.103 e. The van der Waals surface area contributed by atoms with Crippen LogP contribution in [0.3, 0.4) is 0 Å². The van der Waals surface area contributed by atoms with E-state index in [1.54, 1.807) is 0 Å². The van der Waals surface area contributed by atoms with E-state index in [4.69, 9.17) is 4.74 Å². The van der Waals surface area contributed by atoms with Crippen LogP contribution in [0.5, 0.6) is 0 Å². The highest BCUT2D eigenvalue weighted by molar-refractivity contribution is 6.11. The summed E-state index contributed by atoms with van der Waals surface area (Å²) in [6.07, 6.45) is 4.67. The standard InChI is InChI=1S/C18H12O/c1-3-7-13-11(5-1)12-6-2-4-8-14(12)18-16-10-9-15(19-16)17(13)18/h1-10,15-16H. The Hall–Kier alpha value is -2.12. The molecule has 2 aliphatic rings. The molecule has 2 aliphatic heterocycles. The molecular weight excluding hydrogens is 232 g/mol. The van der Waals surface area contributed by atoms with E-state index in [1.807, 2.05) is 0 Å². The molecular formula is C18H12O. The molecule has 2 bridgehead atoms. The zero-order chi connectivity index (χ0) is 12.4. The van der Waals surface area contributed by atoms with Crippen molar-refractivity contribution in [1.82, 2.24) is 0 Å². The van der Waals surface area contributed by atoms with Crippen LogP contribution >= 0.6 is 0 Å². The van der Waals surface area contributed by atoms with Crippen LogP contribution < -0.4 is 0 Å². The summed E-state index contributed by atoms with van der Waals surface area (Å²) in [5.74, 6) is 0. The van der Waals surface area contributed by atoms with E-state index >= 15 is 0 Å². The van der Waals surface area contributed by atoms with Crippen LogP contribution in [0.2, 0.25) is 0 Å². The molecule has 2 heterocycles. The average molecular weight is 244 g/mol. The first kappa shape index (κ1) is 9.76. The minimum atomic E-state index is 0.148. The van der Waals surface area contributed by atoms with Gasteiger partial charge in [0, 0.05) is 0 Å². The first-order valence-electron chi connectivity index (χ1n) is 6.70. The van der Waals surface area contributed by atoms with Gasteiger partial charge in [-0.3, -0.25) is 0 Å². The SMILES string of the molecule is C1=CC2OC1c1c2c2ccccc2c2ccccc12. The number of fused-ring (bicyclic) bond motifs is 10. The van der Waals surface area contributed by atoms with Crippen molar-refractivity contribution in [2.24, 2.45) is 0 Å². The number of benzene rings is 3. The van der Waals surface area contributed by atoms with E-state index in [0.29, 0.717) is 0 Å². The molecule has 0 radical (unpaired) electrons. The van der Waals surface area contributed by atoms with Gasteiger partial charge in [-0.25, -0.2) is 0 Å². The molecule has 19 heavy (non-hydrogen) atoms. The van der Waals surface area contributed by atoms with Crippen LogP contribution in [-0.2, 0) is 4.74 Å². The van der Waals surface area contributed by atoms with Crippen LogP contribution in [-0.4, -0.2) is 0 Å². The quantitative estimate of drug-likeness (QED) is 0.412. The largest absolute Gasteiger partial charge is 0.357 e. The van der Waals surface area contributed by atoms with E-state index in [2.05, 4.69) is 60.7 Å². The number of ether oxygens (including phenoxy) is 1. The normalized spacial score (nSPS) is 23.4. The van der Waals surface area contributed by atoms with Crippen molar-refractivity contribution in [3.8, 4) is 0 Å². The summed E-state index contributed by atoms with van der Waals surface area (Å²) in [6.45, 7) is 0. The van der Waals surface area contributed by atoms with Crippen LogP contribution in [0.4, 0.5) is 0 Å². The number of rotatable bonds is 0. The summed E-state index contributed by atoms with van der Waals surface area (Å²) in [5, 5.41) is 5.35. The fourth-order valence-corrected chi connectivity index (χ4v) is 3.59. The highest BCUT2D eigenvalue weighted by atomic mass is 16.5. The minimum absolute atomic E-state index is 0.148. The Morgan fingerprint density at radius 3 is 1.47 bits per heavy atom. The van der Waals surface area contributed by atoms with Crippen LogP contribution in [0.25, 0.3) is 21.5 Å². The van der Waals surface area contributed by atoms with Gasteiger partial charge in [-0.1, -0.05) is 60.7 Å². The smallest absolute Gasteiger partial charge is 0.103 e. The third-order valence-corrected chi connectivity index (χ3v) is 4.34. The van der Waals surface area contributed by atoms with E-state index < -0.39 is 0 Å². The minimum Gasteiger partial charge on any atom is -0.357 e. The van der Waals surface area contributed by atoms with Gasteiger partial charge in [0.05, 0.1) is 0 Å². The van der Waals surface area contributed by atoms with Gasteiger partial charge in [0.1, 0.15) is 12.2 Å². The molecule has 1 nitrogen and oxygen atoms in total. The summed E-state index contributed by atoms with van der Waals surface area (Å²) in [5.41, 5.74) is 2.75. The third-order valence-electron chi connectivity index (χ3n) is 4.34. The van der Waals surface area contributed by atoms with Gasteiger partial charge >= 0.3 is 0 Å². The molecule has 5 rings (SSSR count). The van der Waals surface area contributed by atoms with Crippen molar-refractivity contribution < 1.29 is 4.74 Å². The molecule has 2 atom stereocenters. The van der Waals surface area contributed by atoms with Gasteiger partial charge < -0.3 is 4.74 Å². The van der Waals surface area contributed by atoms with Crippen molar-refractivity contribution in [1.29, 1.82) is 0 Å². The molecule has 0 amide bonds. The lowest BCUT2D eigenvalue weighted by atomic mass is 9.86. The highest BCUT2D eigenvalue weighted by Gasteiger charge is 2.36. The molecule has 0 fully saturated rings. The molecule has 3 aromatic carbocycles. The molecule has 90 valence electrons. The summed E-state index contributed by atoms with van der Waals surface area (Å²) in [6, 6.07) is 17.3. The average Bonchev–Trinajstić information content (AvgIpc) is 3.09. The van der Waals surface area contributed by atoms with Crippen molar-refractivity contribution in [2.75, 3.05) is 0 Å². The van der Waals surface area contributed by atoms with Crippen molar-refractivity contribution >= 4 is 21.5 Å². The molecule has 0 spiro atoms. The molecule has 0 N–H and O–H groups in total. The zero-order valence-electron chi connectivity index (χ0n) is 10.3. The lowest BCUT2D eigenvalue weighted by Crippen LogP contribution is -1.96. The maximum absolute atomic E-state index is 6.05. The van der Waals surface area contributed by atoms with Crippen LogP contribution in [0, 0.1) is 0 Å². The third kappa shape index (κ3) is 1.09. The fourth-order valence-electron chi connectivity index (χ4n) is 3.59. The van der Waals surface area contributed by atoms with E-state index in [0.717, 1.165) is 0 Å². The second-order valence-electron chi connectivity index (χ2n) is 5.28. The molecule has 0 aliphatic carbocycles. The number of hydrogen-bond donors (Lipinski definition) is 0. The Bertz CT molecular complexity index is 789. The predicted molar refractivity (Wildman–Crippen MR) is 77.2 cm³/mol. The van der Waals surface area contributed by atoms with Crippen molar-refractivity contribution in [3.63, 3.8) is 0 Å². The van der Waals surface area contributed by atoms with Crippen molar-refractivity contribution in [3.05, 3.63) is 71.8 Å². The second-order valence-corrected chi connectivity index (χ2v) is 5.28.